The Hall–Kier alpha value is -1.33. The Bertz CT molecular complexity index is 539. The summed E-state index contributed by atoms with van der Waals surface area (Å²) in [7, 11) is 0. The van der Waals surface area contributed by atoms with Gasteiger partial charge in [-0.05, 0) is 18.1 Å². The van der Waals surface area contributed by atoms with E-state index in [-0.39, 0.29) is 6.04 Å². The lowest BCUT2D eigenvalue weighted by Gasteiger charge is -2.06. The molecule has 1 aromatic carbocycles. The average Bonchev–Trinajstić information content (AvgIpc) is 2.85. The number of nitrogens with zero attached hydrogens (tertiary/aromatic N) is 2. The molecule has 0 spiro atoms. The lowest BCUT2D eigenvalue weighted by atomic mass is 10.1. The molecule has 4 nitrogen and oxygen atoms in total. The van der Waals surface area contributed by atoms with E-state index in [0.29, 0.717) is 17.0 Å². The lowest BCUT2D eigenvalue weighted by Crippen LogP contribution is -2.56. The number of hydrogen-bond acceptors (Lipinski definition) is 4. The predicted octanol–water partition coefficient (Wildman–Crippen LogP) is 2.61. The fourth-order valence-electron chi connectivity index (χ4n) is 1.63. The minimum absolute atomic E-state index is 0.0558. The molecule has 0 aliphatic carbocycles. The third-order valence-electron chi connectivity index (χ3n) is 3.16. The van der Waals surface area contributed by atoms with Gasteiger partial charge in [0.2, 0.25) is 0 Å². The number of aromatic nitrogens is 2. The maximum Gasteiger partial charge on any atom is 0.277 e. The summed E-state index contributed by atoms with van der Waals surface area (Å²) in [4.78, 5) is 0. The normalized spacial score (nSPS) is 12.9. The fourth-order valence-corrected chi connectivity index (χ4v) is 2.47. The molecule has 19 heavy (non-hydrogen) atoms. The van der Waals surface area contributed by atoms with E-state index in [1.165, 1.54) is 11.1 Å². The van der Waals surface area contributed by atoms with Gasteiger partial charge in [0.05, 0.1) is 0 Å². The minimum Gasteiger partial charge on any atom is -0.410 e. The first kappa shape index (κ1) is 14.1. The molecule has 1 atom stereocenters. The van der Waals surface area contributed by atoms with Crippen LogP contribution >= 0.6 is 11.8 Å². The summed E-state index contributed by atoms with van der Waals surface area (Å²) in [6, 6.07) is 8.38. The number of hydrogen-bond donors (Lipinski definition) is 1. The van der Waals surface area contributed by atoms with Crippen LogP contribution in [0.15, 0.2) is 33.9 Å². The summed E-state index contributed by atoms with van der Waals surface area (Å²) in [5, 5.41) is 8.76. The molecule has 0 fully saturated rings. The highest BCUT2D eigenvalue weighted by molar-refractivity contribution is 7.98. The Morgan fingerprint density at radius 3 is 2.68 bits per heavy atom. The van der Waals surface area contributed by atoms with Gasteiger partial charge in [-0.25, -0.2) is 0 Å². The largest absolute Gasteiger partial charge is 0.410 e. The molecule has 0 amide bonds. The highest BCUT2D eigenvalue weighted by Crippen LogP contribution is 2.25. The van der Waals surface area contributed by atoms with E-state index >= 15 is 0 Å². The van der Waals surface area contributed by atoms with Crippen molar-refractivity contribution in [3.8, 4) is 0 Å². The van der Waals surface area contributed by atoms with Gasteiger partial charge in [-0.1, -0.05) is 49.9 Å². The number of benzene rings is 1. The number of rotatable bonds is 5. The molecular weight excluding hydrogens is 258 g/mol. The van der Waals surface area contributed by atoms with Gasteiger partial charge in [-0.3, -0.25) is 0 Å². The van der Waals surface area contributed by atoms with Gasteiger partial charge in [0.25, 0.3) is 11.1 Å². The second kappa shape index (κ2) is 6.21. The first-order valence-electron chi connectivity index (χ1n) is 6.41. The Kier molecular flexibility index (Phi) is 4.61. The highest BCUT2D eigenvalue weighted by atomic mass is 32.2. The molecule has 0 radical (unpaired) electrons. The highest BCUT2D eigenvalue weighted by Gasteiger charge is 2.21. The van der Waals surface area contributed by atoms with Crippen molar-refractivity contribution < 1.29 is 10.2 Å². The van der Waals surface area contributed by atoms with Crippen LogP contribution in [0.1, 0.15) is 36.9 Å². The van der Waals surface area contributed by atoms with Crippen molar-refractivity contribution >= 4 is 11.8 Å². The summed E-state index contributed by atoms with van der Waals surface area (Å²) in [6.45, 7) is 6.31. The SMILES string of the molecule is Cc1ccccc1CSc1nnc([C@@H]([NH3+])C(C)C)o1. The first-order chi connectivity index (χ1) is 9.08. The quantitative estimate of drug-likeness (QED) is 0.854. The Morgan fingerprint density at radius 1 is 1.26 bits per heavy atom. The van der Waals surface area contributed by atoms with Crippen molar-refractivity contribution in [2.24, 2.45) is 5.92 Å². The van der Waals surface area contributed by atoms with Crippen LogP contribution in [0.5, 0.6) is 0 Å². The maximum absolute atomic E-state index is 5.65. The molecule has 0 aliphatic heterocycles. The second-order valence-corrected chi connectivity index (χ2v) is 5.90. The predicted molar refractivity (Wildman–Crippen MR) is 75.5 cm³/mol. The molecular formula is C14H20N3OS+. The summed E-state index contributed by atoms with van der Waals surface area (Å²) < 4.78 is 5.65. The van der Waals surface area contributed by atoms with Gasteiger partial charge in [0, 0.05) is 11.7 Å². The molecule has 1 aromatic heterocycles. The summed E-state index contributed by atoms with van der Waals surface area (Å²) in [6.07, 6.45) is 0. The fraction of sp³-hybridized carbons (Fsp3) is 0.429. The number of thioether (sulfide) groups is 1. The molecule has 102 valence electrons. The number of aryl methyl sites for hydroxylation is 1. The molecule has 2 aromatic rings. The van der Waals surface area contributed by atoms with Gasteiger partial charge in [0.1, 0.15) is 0 Å². The molecule has 3 N–H and O–H groups in total. The third-order valence-corrected chi connectivity index (χ3v) is 4.02. The van der Waals surface area contributed by atoms with E-state index in [0.717, 1.165) is 5.75 Å². The molecule has 0 bridgehead atoms. The van der Waals surface area contributed by atoms with Crippen LogP contribution in [0.4, 0.5) is 0 Å². The van der Waals surface area contributed by atoms with Crippen molar-refractivity contribution in [2.45, 2.75) is 37.8 Å². The standard InChI is InChI=1S/C14H19N3OS/c1-9(2)12(15)13-16-17-14(18-13)19-8-11-7-5-4-6-10(11)3/h4-7,9,12H,8,15H2,1-3H3/p+1/t12-/m0/s1. The van der Waals surface area contributed by atoms with Gasteiger partial charge in [0.15, 0.2) is 6.04 Å². The van der Waals surface area contributed by atoms with Crippen LogP contribution in [0, 0.1) is 12.8 Å². The van der Waals surface area contributed by atoms with Crippen molar-refractivity contribution in [1.82, 2.24) is 10.2 Å². The van der Waals surface area contributed by atoms with E-state index in [1.807, 2.05) is 12.1 Å². The third kappa shape index (κ3) is 3.58. The lowest BCUT2D eigenvalue weighted by molar-refractivity contribution is -0.443. The van der Waals surface area contributed by atoms with Gasteiger partial charge in [-0.2, -0.15) is 0 Å². The zero-order chi connectivity index (χ0) is 13.8. The Balaban J connectivity index is 1.99. The summed E-state index contributed by atoms with van der Waals surface area (Å²) in [5.74, 6) is 1.87. The van der Waals surface area contributed by atoms with Crippen LogP contribution in [0.25, 0.3) is 0 Å². The van der Waals surface area contributed by atoms with E-state index in [4.69, 9.17) is 4.42 Å². The van der Waals surface area contributed by atoms with Crippen molar-refractivity contribution in [3.05, 3.63) is 41.3 Å². The van der Waals surface area contributed by atoms with Crippen molar-refractivity contribution in [1.29, 1.82) is 0 Å². The first-order valence-corrected chi connectivity index (χ1v) is 7.40. The molecule has 2 rings (SSSR count). The molecule has 5 heteroatoms. The smallest absolute Gasteiger partial charge is 0.277 e. The van der Waals surface area contributed by atoms with E-state index < -0.39 is 0 Å². The van der Waals surface area contributed by atoms with Crippen LogP contribution in [-0.4, -0.2) is 10.2 Å². The molecule has 1 heterocycles. The van der Waals surface area contributed by atoms with Gasteiger partial charge in [-0.15, -0.1) is 10.2 Å². The Labute approximate surface area is 117 Å². The molecule has 0 saturated heterocycles. The number of quaternary nitrogens is 1. The van der Waals surface area contributed by atoms with Gasteiger partial charge >= 0.3 is 0 Å². The zero-order valence-electron chi connectivity index (χ0n) is 11.6. The summed E-state index contributed by atoms with van der Waals surface area (Å²) >= 11 is 1.57. The Morgan fingerprint density at radius 2 is 2.00 bits per heavy atom. The topological polar surface area (TPSA) is 66.6 Å². The molecule has 0 unspecified atom stereocenters. The average molecular weight is 278 g/mol. The minimum atomic E-state index is 0.0558. The monoisotopic (exact) mass is 278 g/mol. The summed E-state index contributed by atoms with van der Waals surface area (Å²) in [5.41, 5.74) is 6.63. The van der Waals surface area contributed by atoms with E-state index in [1.54, 1.807) is 11.8 Å². The van der Waals surface area contributed by atoms with Crippen LogP contribution < -0.4 is 5.73 Å². The van der Waals surface area contributed by atoms with E-state index in [2.05, 4.69) is 48.8 Å². The maximum atomic E-state index is 5.65. The van der Waals surface area contributed by atoms with Crippen molar-refractivity contribution in [2.75, 3.05) is 0 Å². The molecule has 0 aliphatic rings. The van der Waals surface area contributed by atoms with Crippen LogP contribution in [-0.2, 0) is 5.75 Å². The zero-order valence-corrected chi connectivity index (χ0v) is 12.4. The molecule has 0 saturated carbocycles. The van der Waals surface area contributed by atoms with E-state index in [9.17, 15) is 0 Å². The second-order valence-electron chi connectivity index (χ2n) is 4.97. The van der Waals surface area contributed by atoms with Crippen LogP contribution in [0.3, 0.4) is 0 Å². The van der Waals surface area contributed by atoms with Gasteiger partial charge < -0.3 is 10.2 Å². The van der Waals surface area contributed by atoms with Crippen molar-refractivity contribution in [3.63, 3.8) is 0 Å². The van der Waals surface area contributed by atoms with Crippen LogP contribution in [0.2, 0.25) is 0 Å².